The molecular formula is C12H8BrN3O4. The molecule has 1 N–H and O–H groups in total. The van der Waals surface area contributed by atoms with Gasteiger partial charge in [-0.25, -0.2) is 0 Å². The van der Waals surface area contributed by atoms with Gasteiger partial charge in [0.25, 0.3) is 0 Å². The van der Waals surface area contributed by atoms with Gasteiger partial charge in [-0.05, 0) is 40.2 Å². The topological polar surface area (TPSA) is 94.3 Å². The van der Waals surface area contributed by atoms with Crippen LogP contribution in [0.25, 0.3) is 11.6 Å². The molecule has 3 aromatic rings. The maximum absolute atomic E-state index is 11.8. The molecule has 102 valence electrons. The van der Waals surface area contributed by atoms with Crippen LogP contribution in [-0.4, -0.2) is 16.0 Å². The fourth-order valence-electron chi connectivity index (χ4n) is 1.51. The lowest BCUT2D eigenvalue weighted by molar-refractivity contribution is 0.0904. The van der Waals surface area contributed by atoms with E-state index in [4.69, 9.17) is 13.4 Å². The Morgan fingerprint density at radius 2 is 2.25 bits per heavy atom. The minimum atomic E-state index is -0.481. The first kappa shape index (κ1) is 12.7. The molecule has 0 radical (unpaired) electrons. The number of halogens is 1. The van der Waals surface area contributed by atoms with E-state index in [1.807, 2.05) is 0 Å². The van der Waals surface area contributed by atoms with Crippen LogP contribution in [0.5, 0.6) is 0 Å². The molecule has 0 aliphatic carbocycles. The highest BCUT2D eigenvalue weighted by Crippen LogP contribution is 2.22. The molecule has 7 nitrogen and oxygen atoms in total. The van der Waals surface area contributed by atoms with Crippen LogP contribution in [0, 0.1) is 0 Å². The Bertz CT molecular complexity index is 717. The number of nitrogens with one attached hydrogen (secondary N) is 1. The van der Waals surface area contributed by atoms with Gasteiger partial charge in [-0.1, -0.05) is 5.16 Å². The molecule has 0 bridgehead atoms. The van der Waals surface area contributed by atoms with Crippen molar-refractivity contribution >= 4 is 21.8 Å². The normalized spacial score (nSPS) is 10.7. The number of aromatic nitrogens is 2. The van der Waals surface area contributed by atoms with E-state index in [2.05, 4.69) is 31.4 Å². The van der Waals surface area contributed by atoms with Crippen LogP contribution in [-0.2, 0) is 6.54 Å². The summed E-state index contributed by atoms with van der Waals surface area (Å²) in [5, 5.41) is 6.28. The number of rotatable bonds is 4. The summed E-state index contributed by atoms with van der Waals surface area (Å²) < 4.78 is 15.8. The van der Waals surface area contributed by atoms with E-state index in [1.54, 1.807) is 24.3 Å². The summed E-state index contributed by atoms with van der Waals surface area (Å²) in [7, 11) is 0. The van der Waals surface area contributed by atoms with Crippen LogP contribution in [0.3, 0.4) is 0 Å². The number of amides is 1. The average Bonchev–Trinajstić information content (AvgIpc) is 3.16. The van der Waals surface area contributed by atoms with E-state index < -0.39 is 5.91 Å². The summed E-state index contributed by atoms with van der Waals surface area (Å²) in [6.07, 6.45) is 1.53. The molecule has 0 spiro atoms. The molecule has 0 aliphatic rings. The molecule has 0 saturated heterocycles. The summed E-state index contributed by atoms with van der Waals surface area (Å²) in [5.74, 6) is 0.627. The molecule has 3 heterocycles. The third-order valence-electron chi connectivity index (χ3n) is 2.42. The first-order valence-electron chi connectivity index (χ1n) is 5.62. The standard InChI is InChI=1S/C12H8BrN3O4/c13-9-4-3-8(19-9)10-15-12(20-16-10)11(17)14-6-7-2-1-5-18-7/h1-5H,6H2,(H,14,17). The van der Waals surface area contributed by atoms with E-state index in [-0.39, 0.29) is 18.3 Å². The van der Waals surface area contributed by atoms with Crippen molar-refractivity contribution in [3.05, 3.63) is 46.8 Å². The van der Waals surface area contributed by atoms with Crippen molar-refractivity contribution in [3.8, 4) is 11.6 Å². The van der Waals surface area contributed by atoms with Gasteiger partial charge in [0.05, 0.1) is 12.8 Å². The molecule has 0 saturated carbocycles. The van der Waals surface area contributed by atoms with Crippen molar-refractivity contribution in [2.75, 3.05) is 0 Å². The summed E-state index contributed by atoms with van der Waals surface area (Å²) in [6, 6.07) is 6.85. The lowest BCUT2D eigenvalue weighted by atomic mass is 10.4. The summed E-state index contributed by atoms with van der Waals surface area (Å²) in [6.45, 7) is 0.246. The van der Waals surface area contributed by atoms with E-state index in [1.165, 1.54) is 6.26 Å². The zero-order chi connectivity index (χ0) is 13.9. The summed E-state index contributed by atoms with van der Waals surface area (Å²) >= 11 is 3.17. The number of hydrogen-bond donors (Lipinski definition) is 1. The van der Waals surface area contributed by atoms with E-state index in [0.717, 1.165) is 0 Å². The molecule has 0 atom stereocenters. The largest absolute Gasteiger partial charge is 0.467 e. The van der Waals surface area contributed by atoms with E-state index in [9.17, 15) is 4.79 Å². The average molecular weight is 338 g/mol. The maximum Gasteiger partial charge on any atom is 0.316 e. The minimum Gasteiger partial charge on any atom is -0.467 e. The third kappa shape index (κ3) is 2.64. The predicted molar refractivity (Wildman–Crippen MR) is 69.6 cm³/mol. The smallest absolute Gasteiger partial charge is 0.316 e. The molecule has 0 aliphatic heterocycles. The van der Waals surface area contributed by atoms with E-state index >= 15 is 0 Å². The van der Waals surface area contributed by atoms with Gasteiger partial charge in [0.1, 0.15) is 5.76 Å². The van der Waals surface area contributed by atoms with Gasteiger partial charge in [0, 0.05) is 0 Å². The van der Waals surface area contributed by atoms with Gasteiger partial charge in [0.2, 0.25) is 5.82 Å². The molecule has 0 aromatic carbocycles. The van der Waals surface area contributed by atoms with Crippen LogP contribution in [0.4, 0.5) is 0 Å². The minimum absolute atomic E-state index is 0.140. The van der Waals surface area contributed by atoms with Gasteiger partial charge < -0.3 is 18.7 Å². The second-order valence-corrected chi connectivity index (χ2v) is 4.57. The zero-order valence-corrected chi connectivity index (χ0v) is 11.6. The first-order valence-corrected chi connectivity index (χ1v) is 6.41. The second kappa shape index (κ2) is 5.33. The molecule has 0 unspecified atom stereocenters. The first-order chi connectivity index (χ1) is 9.72. The summed E-state index contributed by atoms with van der Waals surface area (Å²) in [5.41, 5.74) is 0. The van der Waals surface area contributed by atoms with Crippen molar-refractivity contribution in [3.63, 3.8) is 0 Å². The zero-order valence-electron chi connectivity index (χ0n) is 10.00. The molecular weight excluding hydrogens is 330 g/mol. The Morgan fingerprint density at radius 3 is 2.95 bits per heavy atom. The van der Waals surface area contributed by atoms with Crippen LogP contribution in [0.2, 0.25) is 0 Å². The third-order valence-corrected chi connectivity index (χ3v) is 2.84. The highest BCUT2D eigenvalue weighted by molar-refractivity contribution is 9.10. The van der Waals surface area contributed by atoms with Gasteiger partial charge in [-0.15, -0.1) is 0 Å². The molecule has 1 amide bonds. The molecule has 8 heteroatoms. The fourth-order valence-corrected chi connectivity index (χ4v) is 1.81. The van der Waals surface area contributed by atoms with Crippen LogP contribution >= 0.6 is 15.9 Å². The Balaban J connectivity index is 1.68. The van der Waals surface area contributed by atoms with Crippen molar-refractivity contribution in [1.29, 1.82) is 0 Å². The molecule has 3 rings (SSSR count). The number of furan rings is 2. The van der Waals surface area contributed by atoms with Crippen molar-refractivity contribution in [2.24, 2.45) is 0 Å². The van der Waals surface area contributed by atoms with Crippen molar-refractivity contribution < 1.29 is 18.2 Å². The molecule has 20 heavy (non-hydrogen) atoms. The molecule has 3 aromatic heterocycles. The quantitative estimate of drug-likeness (QED) is 0.786. The second-order valence-electron chi connectivity index (χ2n) is 3.79. The number of carbonyl (C=O) groups excluding carboxylic acids is 1. The maximum atomic E-state index is 11.8. The Kier molecular flexibility index (Phi) is 3.38. The van der Waals surface area contributed by atoms with Crippen molar-refractivity contribution in [1.82, 2.24) is 15.5 Å². The van der Waals surface area contributed by atoms with Gasteiger partial charge in [-0.2, -0.15) is 4.98 Å². The van der Waals surface area contributed by atoms with Gasteiger partial charge in [-0.3, -0.25) is 4.79 Å². The van der Waals surface area contributed by atoms with Gasteiger partial charge >= 0.3 is 11.8 Å². The lowest BCUT2D eigenvalue weighted by Crippen LogP contribution is -2.22. The Labute approximate surface area is 121 Å². The summed E-state index contributed by atoms with van der Waals surface area (Å²) in [4.78, 5) is 15.8. The highest BCUT2D eigenvalue weighted by Gasteiger charge is 2.17. The highest BCUT2D eigenvalue weighted by atomic mass is 79.9. The van der Waals surface area contributed by atoms with Gasteiger partial charge in [0.15, 0.2) is 10.4 Å². The predicted octanol–water partition coefficient (Wildman–Crippen LogP) is 2.62. The number of nitrogens with zero attached hydrogens (tertiary/aromatic N) is 2. The van der Waals surface area contributed by atoms with Crippen LogP contribution in [0.1, 0.15) is 16.4 Å². The number of carbonyl (C=O) groups is 1. The van der Waals surface area contributed by atoms with E-state index in [0.29, 0.717) is 16.2 Å². The lowest BCUT2D eigenvalue weighted by Gasteiger charge is -1.97. The van der Waals surface area contributed by atoms with Crippen LogP contribution < -0.4 is 5.32 Å². The Hall–Kier alpha value is -2.35. The van der Waals surface area contributed by atoms with Crippen LogP contribution in [0.15, 0.2) is 48.6 Å². The fraction of sp³-hybridized carbons (Fsp3) is 0.0833. The SMILES string of the molecule is O=C(NCc1ccco1)c1nc(-c2ccc(Br)o2)no1. The van der Waals surface area contributed by atoms with Crippen molar-refractivity contribution in [2.45, 2.75) is 6.54 Å². The molecule has 0 fully saturated rings. The Morgan fingerprint density at radius 1 is 1.35 bits per heavy atom. The number of hydrogen-bond acceptors (Lipinski definition) is 6. The monoisotopic (exact) mass is 337 g/mol.